The zero-order valence-corrected chi connectivity index (χ0v) is 41.1. The molecule has 0 fully saturated rings. The van der Waals surface area contributed by atoms with Gasteiger partial charge in [0.1, 0.15) is 5.75 Å². The van der Waals surface area contributed by atoms with Crippen LogP contribution in [0.15, 0.2) is 77.4 Å². The van der Waals surface area contributed by atoms with E-state index in [0.717, 1.165) is 68.1 Å². The Morgan fingerprint density at radius 2 is 1.10 bits per heavy atom. The van der Waals surface area contributed by atoms with Crippen LogP contribution in [0, 0.1) is 5.92 Å². The molecule has 5 N–H and O–H groups in total. The molecule has 0 unspecified atom stereocenters. The number of halogens is 9. The molecule has 1 aliphatic rings. The van der Waals surface area contributed by atoms with E-state index < -0.39 is 47.2 Å². The smallest absolute Gasteiger partial charge is 0.416 e. The Morgan fingerprint density at radius 1 is 0.609 bits per heavy atom. The molecule has 0 bridgehead atoms. The van der Waals surface area contributed by atoms with Gasteiger partial charge in [0.05, 0.1) is 23.3 Å². The zero-order chi connectivity index (χ0) is 52.5. The lowest BCUT2D eigenvalue weighted by Crippen LogP contribution is -2.28. The Labute approximate surface area is 401 Å². The number of allylic oxidation sites excluding steroid dienone is 1. The number of benzene rings is 3. The highest BCUT2D eigenvalue weighted by molar-refractivity contribution is 5.90. The second-order valence-corrected chi connectivity index (χ2v) is 18.1. The average molecular weight is 991 g/mol. The fourth-order valence-electron chi connectivity index (χ4n) is 6.15. The van der Waals surface area contributed by atoms with Crippen LogP contribution in [0.25, 0.3) is 0 Å². The number of nitrogens with one attached hydrogen (secondary N) is 3. The number of carboxylic acid groups (broad SMARTS) is 2. The normalized spacial score (nSPS) is 12.7. The highest BCUT2D eigenvalue weighted by atomic mass is 19.4. The quantitative estimate of drug-likeness (QED) is 0.0527. The van der Waals surface area contributed by atoms with Crippen molar-refractivity contribution in [3.05, 3.63) is 111 Å². The number of hydrogen-bond acceptors (Lipinski definition) is 7. The molecule has 1 aliphatic heterocycles. The molecule has 0 spiro atoms. The zero-order valence-electron chi connectivity index (χ0n) is 41.1. The van der Waals surface area contributed by atoms with E-state index in [4.69, 9.17) is 14.9 Å². The predicted molar refractivity (Wildman–Crippen MR) is 253 cm³/mol. The van der Waals surface area contributed by atoms with Crippen molar-refractivity contribution in [2.24, 2.45) is 10.9 Å². The van der Waals surface area contributed by atoms with Crippen LogP contribution in [-0.2, 0) is 54.0 Å². The molecule has 0 radical (unpaired) electrons. The van der Waals surface area contributed by atoms with Crippen molar-refractivity contribution < 1.29 is 64.1 Å². The number of ether oxygens (including phenoxy) is 1. The fourth-order valence-corrected chi connectivity index (χ4v) is 6.15. The van der Waals surface area contributed by atoms with Crippen LogP contribution in [0.3, 0.4) is 0 Å². The van der Waals surface area contributed by atoms with E-state index in [1.54, 1.807) is 12.1 Å². The molecule has 9 nitrogen and oxygen atoms in total. The van der Waals surface area contributed by atoms with Crippen molar-refractivity contribution in [3.8, 4) is 5.75 Å². The van der Waals surface area contributed by atoms with Crippen LogP contribution >= 0.6 is 0 Å². The number of carboxylic acids is 2. The summed E-state index contributed by atoms with van der Waals surface area (Å²) < 4.78 is 120. The summed E-state index contributed by atoms with van der Waals surface area (Å²) in [6.45, 7) is 19.9. The molecule has 1 heterocycles. The van der Waals surface area contributed by atoms with E-state index >= 15 is 0 Å². The number of aryl methyl sites for hydroxylation is 2. The standard InChI is InChI=1S/C15H20F3NO3.C14H18F3NO2.C13H17F3.C9H16N2/c1-10(2)19-9-11-6-12(15(16,17)18)8-13(7-11)22-5-3-4-14(20)21;1-9(2)18-8-11-5-10(3-4-13(19)20)6-12(7-11)14(15,16)17;1-10(2)5-3-6-11-7-4-8-12(9-11)13(14,15)16;1-7(2)10-6-9-4-8(3)5-11-9/h6-8,10,19H,3-5,9H2,1-2H3,(H,20,21);5-7,9,18H,3-4,8H2,1-2H3,(H,19,20);4,7-10H,3,5-6H2,1-2H3;5,7,10H,4,6H2,1-3H3. The molecule has 0 saturated carbocycles. The Bertz CT molecular complexity index is 2060. The van der Waals surface area contributed by atoms with Crippen molar-refractivity contribution in [1.82, 2.24) is 16.0 Å². The molecular weight excluding hydrogens is 920 g/mol. The number of alkyl halides is 9. The third kappa shape index (κ3) is 29.6. The molecule has 3 aromatic carbocycles. The maximum atomic E-state index is 12.9. The van der Waals surface area contributed by atoms with E-state index in [1.807, 2.05) is 33.9 Å². The van der Waals surface area contributed by atoms with E-state index in [-0.39, 0.29) is 50.1 Å². The van der Waals surface area contributed by atoms with Gasteiger partial charge in [0.15, 0.2) is 0 Å². The molecule has 4 rings (SSSR count). The summed E-state index contributed by atoms with van der Waals surface area (Å²) in [6, 6.07) is 13.7. The third-order valence-corrected chi connectivity index (χ3v) is 9.70. The Hall–Kier alpha value is -4.94. The number of aliphatic carboxylic acids is 2. The number of aliphatic imine (C=N–C) groups is 1. The van der Waals surface area contributed by atoms with Crippen molar-refractivity contribution >= 4 is 17.7 Å². The lowest BCUT2D eigenvalue weighted by Gasteiger charge is -2.14. The predicted octanol–water partition coefficient (Wildman–Crippen LogP) is 13.1. The van der Waals surface area contributed by atoms with Crippen LogP contribution in [0.4, 0.5) is 39.5 Å². The van der Waals surface area contributed by atoms with Gasteiger partial charge in [0.25, 0.3) is 0 Å². The van der Waals surface area contributed by atoms with Gasteiger partial charge in [-0.2, -0.15) is 39.5 Å². The minimum absolute atomic E-state index is 0.0602. The first kappa shape index (κ1) is 62.1. The van der Waals surface area contributed by atoms with E-state index in [0.29, 0.717) is 41.7 Å². The lowest BCUT2D eigenvalue weighted by molar-refractivity contribution is -0.138. The second kappa shape index (κ2) is 30.6. The first-order valence-electron chi connectivity index (χ1n) is 23.0. The maximum absolute atomic E-state index is 12.9. The second-order valence-electron chi connectivity index (χ2n) is 18.1. The van der Waals surface area contributed by atoms with Gasteiger partial charge in [0.2, 0.25) is 0 Å². The summed E-state index contributed by atoms with van der Waals surface area (Å²) in [5.41, 5.74) is 2.71. The first-order valence-corrected chi connectivity index (χ1v) is 23.0. The maximum Gasteiger partial charge on any atom is 0.416 e. The summed E-state index contributed by atoms with van der Waals surface area (Å²) in [4.78, 5) is 25.2. The van der Waals surface area contributed by atoms with Gasteiger partial charge in [-0.15, -0.1) is 0 Å². The van der Waals surface area contributed by atoms with Gasteiger partial charge in [-0.05, 0) is 103 Å². The van der Waals surface area contributed by atoms with E-state index in [2.05, 4.69) is 55.6 Å². The Kier molecular flexibility index (Phi) is 27.5. The van der Waals surface area contributed by atoms with Crippen molar-refractivity contribution in [1.29, 1.82) is 0 Å². The largest absolute Gasteiger partial charge is 0.494 e. The Balaban J connectivity index is 0.000000472. The minimum Gasteiger partial charge on any atom is -0.494 e. The molecule has 0 aromatic heterocycles. The fraction of sp³-hybridized carbons (Fsp3) is 0.549. The summed E-state index contributed by atoms with van der Waals surface area (Å²) in [7, 11) is 0. The molecule has 0 aliphatic carbocycles. The van der Waals surface area contributed by atoms with Gasteiger partial charge in [-0.3, -0.25) is 14.6 Å². The average Bonchev–Trinajstić information content (AvgIpc) is 3.66. The van der Waals surface area contributed by atoms with Crippen LogP contribution in [0.1, 0.15) is 140 Å². The molecule has 18 heteroatoms. The summed E-state index contributed by atoms with van der Waals surface area (Å²) in [5.74, 6) is -1.29. The van der Waals surface area contributed by atoms with Gasteiger partial charge in [-0.25, -0.2) is 0 Å². The number of rotatable bonds is 21. The van der Waals surface area contributed by atoms with Gasteiger partial charge >= 0.3 is 30.5 Å². The first-order chi connectivity index (χ1) is 31.9. The highest BCUT2D eigenvalue weighted by Gasteiger charge is 2.33. The van der Waals surface area contributed by atoms with Crippen LogP contribution in [0.2, 0.25) is 0 Å². The number of nitrogens with zero attached hydrogens (tertiary/aromatic N) is 1. The van der Waals surface area contributed by atoms with Crippen molar-refractivity contribution in [2.45, 2.75) is 163 Å². The van der Waals surface area contributed by atoms with Crippen LogP contribution < -0.4 is 20.7 Å². The van der Waals surface area contributed by atoms with E-state index in [1.165, 1.54) is 29.5 Å². The molecule has 3 aromatic rings. The highest BCUT2D eigenvalue weighted by Crippen LogP contribution is 2.34. The summed E-state index contributed by atoms with van der Waals surface area (Å²) in [5, 5.41) is 26.6. The van der Waals surface area contributed by atoms with Crippen molar-refractivity contribution in [2.75, 3.05) is 13.2 Å². The molecule has 388 valence electrons. The molecule has 0 saturated heterocycles. The van der Waals surface area contributed by atoms with Crippen LogP contribution in [-0.4, -0.2) is 59.1 Å². The lowest BCUT2D eigenvalue weighted by atomic mass is 10.0. The molecular formula is C51H71F9N4O5. The monoisotopic (exact) mass is 991 g/mol. The minimum atomic E-state index is -4.45. The molecule has 0 atom stereocenters. The summed E-state index contributed by atoms with van der Waals surface area (Å²) >= 11 is 0. The SMILES string of the molecule is CC(C)CCCc1cccc(C(F)(F)F)c1.CC(C)NCc1cc(CCC(=O)O)cc(C(F)(F)F)c1.CC(C)NCc1cc(OCCCC(=O)O)cc(C(F)(F)F)c1.CC1=CN=C(CNC(C)C)C1. The van der Waals surface area contributed by atoms with E-state index in [9.17, 15) is 49.1 Å². The number of hydrogen-bond donors (Lipinski definition) is 5. The summed E-state index contributed by atoms with van der Waals surface area (Å²) in [6.07, 6.45) is -7.31. The van der Waals surface area contributed by atoms with Crippen LogP contribution in [0.5, 0.6) is 5.75 Å². The molecule has 0 amide bonds. The van der Waals surface area contributed by atoms with Gasteiger partial charge < -0.3 is 30.9 Å². The van der Waals surface area contributed by atoms with Gasteiger partial charge in [-0.1, -0.05) is 86.1 Å². The van der Waals surface area contributed by atoms with Crippen molar-refractivity contribution in [3.63, 3.8) is 0 Å². The Morgan fingerprint density at radius 3 is 1.58 bits per heavy atom. The van der Waals surface area contributed by atoms with Gasteiger partial charge in [0, 0.05) is 68.9 Å². The third-order valence-electron chi connectivity index (χ3n) is 9.70. The topological polar surface area (TPSA) is 132 Å². The molecule has 69 heavy (non-hydrogen) atoms. The number of carbonyl (C=O) groups is 2.